The molecule has 1 fully saturated rings. The SMILES string of the molecule is CCOC(=O)CCC(=O)N(C)Cc1ccc(B2OC(C)(C)C(C)(C)O2)cc1. The summed E-state index contributed by atoms with van der Waals surface area (Å²) in [5.74, 6) is -0.427. The Kier molecular flexibility index (Phi) is 6.70. The first kappa shape index (κ1) is 21.4. The van der Waals surface area contributed by atoms with Crippen LogP contribution in [0, 0.1) is 0 Å². The van der Waals surface area contributed by atoms with Gasteiger partial charge in [0, 0.05) is 20.0 Å². The van der Waals surface area contributed by atoms with Crippen LogP contribution in [0.2, 0.25) is 0 Å². The van der Waals surface area contributed by atoms with E-state index >= 15 is 0 Å². The van der Waals surface area contributed by atoms with Crippen molar-refractivity contribution in [2.45, 2.75) is 65.2 Å². The number of ether oxygens (including phenoxy) is 1. The van der Waals surface area contributed by atoms with Gasteiger partial charge in [-0.3, -0.25) is 9.59 Å². The van der Waals surface area contributed by atoms with Gasteiger partial charge in [0.25, 0.3) is 0 Å². The van der Waals surface area contributed by atoms with Crippen LogP contribution in [-0.4, -0.2) is 48.8 Å². The highest BCUT2D eigenvalue weighted by atomic mass is 16.7. The average molecular weight is 375 g/mol. The van der Waals surface area contributed by atoms with Crippen LogP contribution in [-0.2, 0) is 30.2 Å². The Morgan fingerprint density at radius 2 is 1.59 bits per heavy atom. The van der Waals surface area contributed by atoms with Crippen molar-refractivity contribution in [2.75, 3.05) is 13.7 Å². The van der Waals surface area contributed by atoms with Crippen LogP contribution in [0.4, 0.5) is 0 Å². The van der Waals surface area contributed by atoms with Gasteiger partial charge < -0.3 is 18.9 Å². The summed E-state index contributed by atoms with van der Waals surface area (Å²) >= 11 is 0. The zero-order chi connectivity index (χ0) is 20.2. The van der Waals surface area contributed by atoms with E-state index in [2.05, 4.69) is 0 Å². The summed E-state index contributed by atoms with van der Waals surface area (Å²) in [4.78, 5) is 25.1. The molecule has 1 aromatic rings. The number of hydrogen-bond acceptors (Lipinski definition) is 5. The van der Waals surface area contributed by atoms with E-state index in [0.717, 1.165) is 11.0 Å². The molecule has 6 nitrogen and oxygen atoms in total. The predicted molar refractivity (Wildman–Crippen MR) is 104 cm³/mol. The Balaban J connectivity index is 1.90. The molecule has 1 aliphatic rings. The topological polar surface area (TPSA) is 65.1 Å². The maximum Gasteiger partial charge on any atom is 0.494 e. The fraction of sp³-hybridized carbons (Fsp3) is 0.600. The Hall–Kier alpha value is -1.86. The monoisotopic (exact) mass is 375 g/mol. The van der Waals surface area contributed by atoms with Gasteiger partial charge in [0.05, 0.1) is 24.2 Å². The molecule has 7 heteroatoms. The summed E-state index contributed by atoms with van der Waals surface area (Å²) in [5.41, 5.74) is 1.21. The van der Waals surface area contributed by atoms with Crippen LogP contribution < -0.4 is 5.46 Å². The highest BCUT2D eigenvalue weighted by molar-refractivity contribution is 6.62. The zero-order valence-corrected chi connectivity index (χ0v) is 17.2. The maximum atomic E-state index is 12.2. The van der Waals surface area contributed by atoms with Crippen molar-refractivity contribution in [3.8, 4) is 0 Å². The van der Waals surface area contributed by atoms with E-state index in [0.29, 0.717) is 13.2 Å². The number of esters is 1. The second-order valence-electron chi connectivity index (χ2n) is 7.88. The molecule has 1 aromatic carbocycles. The second kappa shape index (κ2) is 8.44. The third kappa shape index (κ3) is 5.33. The third-order valence-corrected chi connectivity index (χ3v) is 5.20. The lowest BCUT2D eigenvalue weighted by atomic mass is 9.79. The van der Waals surface area contributed by atoms with Crippen molar-refractivity contribution in [3.05, 3.63) is 29.8 Å². The molecule has 1 amide bonds. The second-order valence-corrected chi connectivity index (χ2v) is 7.88. The molecule has 0 aliphatic carbocycles. The van der Waals surface area contributed by atoms with E-state index in [-0.39, 0.29) is 35.9 Å². The standard InChI is InChI=1S/C20H30BNO5/c1-7-25-18(24)13-12-17(23)22(6)14-15-8-10-16(11-9-15)21-26-19(2,3)20(4,5)27-21/h8-11H,7,12-14H2,1-6H3. The Labute approximate surface area is 162 Å². The average Bonchev–Trinajstić information content (AvgIpc) is 2.81. The molecule has 148 valence electrons. The summed E-state index contributed by atoms with van der Waals surface area (Å²) in [7, 11) is 1.34. The first-order chi connectivity index (χ1) is 12.6. The minimum atomic E-state index is -0.395. The number of nitrogens with zero attached hydrogens (tertiary/aromatic N) is 1. The largest absolute Gasteiger partial charge is 0.494 e. The molecule has 0 radical (unpaired) electrons. The normalized spacial score (nSPS) is 17.6. The van der Waals surface area contributed by atoms with Crippen molar-refractivity contribution < 1.29 is 23.6 Å². The van der Waals surface area contributed by atoms with E-state index in [1.807, 2.05) is 52.0 Å². The number of carbonyl (C=O) groups is 2. The molecule has 0 N–H and O–H groups in total. The summed E-state index contributed by atoms with van der Waals surface area (Å²) in [6, 6.07) is 7.87. The van der Waals surface area contributed by atoms with Crippen molar-refractivity contribution in [1.82, 2.24) is 4.90 Å². The molecular formula is C20H30BNO5. The van der Waals surface area contributed by atoms with Gasteiger partial charge in [-0.2, -0.15) is 0 Å². The van der Waals surface area contributed by atoms with E-state index in [4.69, 9.17) is 14.0 Å². The van der Waals surface area contributed by atoms with E-state index in [1.54, 1.807) is 18.9 Å². The van der Waals surface area contributed by atoms with Gasteiger partial charge in [0.2, 0.25) is 5.91 Å². The van der Waals surface area contributed by atoms with Crippen molar-refractivity contribution in [2.24, 2.45) is 0 Å². The molecule has 1 aliphatic heterocycles. The van der Waals surface area contributed by atoms with Gasteiger partial charge in [0.15, 0.2) is 0 Å². The lowest BCUT2D eigenvalue weighted by Gasteiger charge is -2.32. The lowest BCUT2D eigenvalue weighted by Crippen LogP contribution is -2.41. The Morgan fingerprint density at radius 1 is 1.04 bits per heavy atom. The Morgan fingerprint density at radius 3 is 2.11 bits per heavy atom. The number of amides is 1. The minimum Gasteiger partial charge on any atom is -0.466 e. The molecule has 1 heterocycles. The number of hydrogen-bond donors (Lipinski definition) is 0. The van der Waals surface area contributed by atoms with E-state index in [9.17, 15) is 9.59 Å². The van der Waals surface area contributed by atoms with Crippen LogP contribution >= 0.6 is 0 Å². The fourth-order valence-electron chi connectivity index (χ4n) is 2.75. The fourth-order valence-corrected chi connectivity index (χ4v) is 2.75. The van der Waals surface area contributed by atoms with Crippen LogP contribution in [0.3, 0.4) is 0 Å². The molecule has 0 unspecified atom stereocenters. The molecule has 1 saturated heterocycles. The van der Waals surface area contributed by atoms with E-state index in [1.165, 1.54) is 0 Å². The molecule has 0 spiro atoms. The third-order valence-electron chi connectivity index (χ3n) is 5.20. The number of carbonyl (C=O) groups excluding carboxylic acids is 2. The summed E-state index contributed by atoms with van der Waals surface area (Å²) in [5, 5.41) is 0. The number of benzene rings is 1. The molecule has 0 saturated carbocycles. The lowest BCUT2D eigenvalue weighted by molar-refractivity contribution is -0.145. The minimum absolute atomic E-state index is 0.0851. The predicted octanol–water partition coefficient (Wildman–Crippen LogP) is 2.29. The maximum absolute atomic E-state index is 12.2. The van der Waals surface area contributed by atoms with Gasteiger partial charge in [0.1, 0.15) is 0 Å². The summed E-state index contributed by atoms with van der Waals surface area (Å²) < 4.78 is 17.0. The van der Waals surface area contributed by atoms with Gasteiger partial charge in [-0.15, -0.1) is 0 Å². The Bertz CT molecular complexity index is 655. The number of rotatable bonds is 7. The van der Waals surface area contributed by atoms with Gasteiger partial charge in [-0.1, -0.05) is 24.3 Å². The van der Waals surface area contributed by atoms with Gasteiger partial charge in [-0.05, 0) is 45.6 Å². The van der Waals surface area contributed by atoms with Gasteiger partial charge in [-0.25, -0.2) is 0 Å². The first-order valence-corrected chi connectivity index (χ1v) is 9.40. The van der Waals surface area contributed by atoms with Crippen molar-refractivity contribution >= 4 is 24.5 Å². The van der Waals surface area contributed by atoms with E-state index < -0.39 is 7.12 Å². The molecule has 0 bridgehead atoms. The van der Waals surface area contributed by atoms with Crippen LogP contribution in [0.5, 0.6) is 0 Å². The highest BCUT2D eigenvalue weighted by Gasteiger charge is 2.51. The smallest absolute Gasteiger partial charge is 0.466 e. The van der Waals surface area contributed by atoms with Crippen molar-refractivity contribution in [1.29, 1.82) is 0 Å². The molecule has 0 atom stereocenters. The van der Waals surface area contributed by atoms with Crippen LogP contribution in [0.25, 0.3) is 0 Å². The molecule has 0 aromatic heterocycles. The zero-order valence-electron chi connectivity index (χ0n) is 17.2. The quantitative estimate of drug-likeness (QED) is 0.541. The van der Waals surface area contributed by atoms with Gasteiger partial charge >= 0.3 is 13.1 Å². The molecular weight excluding hydrogens is 345 g/mol. The summed E-state index contributed by atoms with van der Waals surface area (Å²) in [6.07, 6.45) is 0.263. The van der Waals surface area contributed by atoms with Crippen molar-refractivity contribution in [3.63, 3.8) is 0 Å². The highest BCUT2D eigenvalue weighted by Crippen LogP contribution is 2.36. The van der Waals surface area contributed by atoms with Crippen LogP contribution in [0.15, 0.2) is 24.3 Å². The molecule has 27 heavy (non-hydrogen) atoms. The first-order valence-electron chi connectivity index (χ1n) is 9.40. The molecule has 2 rings (SSSR count). The summed E-state index contributed by atoms with van der Waals surface area (Å²) in [6.45, 7) is 10.7. The van der Waals surface area contributed by atoms with Crippen LogP contribution in [0.1, 0.15) is 53.0 Å².